The standard InChI is InChI=1S/C27H33FN2O4/c1-33-23-17-20(7-8-22(23)28)18-27(12-10-25(32)30-27)11-9-24(31)29-19-26(13-15-34-16-14-26)21-5-3-2-4-6-21/h2-8,17H,9-16,18-19H2,1H3,(H,29,31)(H,30,32)/t27-/m0/s1. The zero-order valence-corrected chi connectivity index (χ0v) is 19.7. The van der Waals surface area contributed by atoms with Crippen LogP contribution in [0.3, 0.4) is 0 Å². The van der Waals surface area contributed by atoms with Gasteiger partial charge in [-0.3, -0.25) is 9.59 Å². The molecule has 4 rings (SSSR count). The van der Waals surface area contributed by atoms with E-state index >= 15 is 0 Å². The largest absolute Gasteiger partial charge is 0.494 e. The van der Waals surface area contributed by atoms with Gasteiger partial charge in [-0.1, -0.05) is 36.4 Å². The molecule has 0 unspecified atom stereocenters. The highest BCUT2D eigenvalue weighted by molar-refractivity contribution is 5.80. The molecule has 2 amide bonds. The van der Waals surface area contributed by atoms with E-state index in [1.54, 1.807) is 12.1 Å². The molecule has 2 heterocycles. The fraction of sp³-hybridized carbons (Fsp3) is 0.481. The Labute approximate surface area is 200 Å². The number of halogens is 1. The summed E-state index contributed by atoms with van der Waals surface area (Å²) in [4.78, 5) is 25.0. The van der Waals surface area contributed by atoms with E-state index in [0.717, 1.165) is 18.4 Å². The Kier molecular flexibility index (Phi) is 7.51. The molecule has 2 aliphatic heterocycles. The van der Waals surface area contributed by atoms with Crippen molar-refractivity contribution in [3.63, 3.8) is 0 Å². The molecule has 1 atom stereocenters. The Morgan fingerprint density at radius 1 is 1.15 bits per heavy atom. The molecule has 182 valence electrons. The Hall–Kier alpha value is -2.93. The summed E-state index contributed by atoms with van der Waals surface area (Å²) in [5.41, 5.74) is 1.45. The van der Waals surface area contributed by atoms with Crippen LogP contribution < -0.4 is 15.4 Å². The van der Waals surface area contributed by atoms with E-state index in [2.05, 4.69) is 22.8 Å². The lowest BCUT2D eigenvalue weighted by Gasteiger charge is -2.38. The number of benzene rings is 2. The molecular weight excluding hydrogens is 435 g/mol. The summed E-state index contributed by atoms with van der Waals surface area (Å²) in [5.74, 6) is -0.285. The summed E-state index contributed by atoms with van der Waals surface area (Å²) >= 11 is 0. The molecule has 0 bridgehead atoms. The van der Waals surface area contributed by atoms with Gasteiger partial charge in [-0.15, -0.1) is 0 Å². The van der Waals surface area contributed by atoms with E-state index in [-0.39, 0.29) is 23.0 Å². The minimum Gasteiger partial charge on any atom is -0.494 e. The number of hydrogen-bond donors (Lipinski definition) is 2. The number of carbonyl (C=O) groups excluding carboxylic acids is 2. The number of nitrogens with one attached hydrogen (secondary N) is 2. The van der Waals surface area contributed by atoms with Crippen molar-refractivity contribution in [1.29, 1.82) is 0 Å². The molecule has 2 aliphatic rings. The molecule has 2 aromatic rings. The summed E-state index contributed by atoms with van der Waals surface area (Å²) < 4.78 is 24.5. The molecule has 6 nitrogen and oxygen atoms in total. The van der Waals surface area contributed by atoms with Gasteiger partial charge >= 0.3 is 0 Å². The van der Waals surface area contributed by atoms with E-state index in [4.69, 9.17) is 9.47 Å². The molecule has 2 saturated heterocycles. The molecule has 2 aromatic carbocycles. The van der Waals surface area contributed by atoms with Crippen LogP contribution in [0, 0.1) is 5.82 Å². The van der Waals surface area contributed by atoms with E-state index < -0.39 is 11.4 Å². The Balaban J connectivity index is 1.40. The van der Waals surface area contributed by atoms with E-state index in [9.17, 15) is 14.0 Å². The number of ether oxygens (including phenoxy) is 2. The first-order chi connectivity index (χ1) is 16.4. The molecule has 2 N–H and O–H groups in total. The summed E-state index contributed by atoms with van der Waals surface area (Å²) in [6.07, 6.45) is 4.15. The minimum absolute atomic E-state index is 0.0141. The lowest BCUT2D eigenvalue weighted by Crippen LogP contribution is -2.46. The SMILES string of the molecule is COc1cc(C[C@]2(CCC(=O)NCC3(c4ccccc4)CCOCC3)CCC(=O)N2)ccc1F. The first-order valence-electron chi connectivity index (χ1n) is 12.0. The van der Waals surface area contributed by atoms with Crippen LogP contribution >= 0.6 is 0 Å². The molecule has 7 heteroatoms. The highest BCUT2D eigenvalue weighted by Crippen LogP contribution is 2.35. The van der Waals surface area contributed by atoms with Gasteiger partial charge in [-0.05, 0) is 55.4 Å². The van der Waals surface area contributed by atoms with Gasteiger partial charge in [0.2, 0.25) is 11.8 Å². The lowest BCUT2D eigenvalue weighted by molar-refractivity contribution is -0.123. The van der Waals surface area contributed by atoms with E-state index in [1.165, 1.54) is 18.7 Å². The van der Waals surface area contributed by atoms with Gasteiger partial charge in [-0.25, -0.2) is 4.39 Å². The fourth-order valence-electron chi connectivity index (χ4n) is 5.22. The minimum atomic E-state index is -0.521. The van der Waals surface area contributed by atoms with Crippen LogP contribution in [0.4, 0.5) is 4.39 Å². The molecule has 0 saturated carbocycles. The maximum Gasteiger partial charge on any atom is 0.220 e. The van der Waals surface area contributed by atoms with Crippen LogP contribution in [0.25, 0.3) is 0 Å². The van der Waals surface area contributed by atoms with Crippen molar-refractivity contribution in [2.45, 2.75) is 55.9 Å². The van der Waals surface area contributed by atoms with Gasteiger partial charge in [0.25, 0.3) is 0 Å². The van der Waals surface area contributed by atoms with Gasteiger partial charge in [0.05, 0.1) is 7.11 Å². The first-order valence-corrected chi connectivity index (χ1v) is 12.0. The fourth-order valence-corrected chi connectivity index (χ4v) is 5.22. The maximum absolute atomic E-state index is 13.8. The third-order valence-corrected chi connectivity index (χ3v) is 7.28. The smallest absolute Gasteiger partial charge is 0.220 e. The average molecular weight is 469 g/mol. The molecule has 34 heavy (non-hydrogen) atoms. The van der Waals surface area contributed by atoms with Crippen LogP contribution in [0.15, 0.2) is 48.5 Å². The lowest BCUT2D eigenvalue weighted by atomic mass is 9.74. The zero-order chi connectivity index (χ0) is 24.0. The van der Waals surface area contributed by atoms with Crippen LogP contribution in [0.1, 0.15) is 49.7 Å². The van der Waals surface area contributed by atoms with Gasteiger partial charge in [0.15, 0.2) is 11.6 Å². The number of hydrogen-bond acceptors (Lipinski definition) is 4. The Morgan fingerprint density at radius 3 is 2.59 bits per heavy atom. The van der Waals surface area contributed by atoms with Crippen molar-refractivity contribution < 1.29 is 23.5 Å². The summed E-state index contributed by atoms with van der Waals surface area (Å²) in [7, 11) is 1.43. The van der Waals surface area contributed by atoms with Gasteiger partial charge in [0.1, 0.15) is 0 Å². The highest BCUT2D eigenvalue weighted by Gasteiger charge is 2.39. The first kappa shape index (κ1) is 24.2. The van der Waals surface area contributed by atoms with Crippen molar-refractivity contribution in [2.75, 3.05) is 26.9 Å². The number of methoxy groups -OCH3 is 1. The second-order valence-corrected chi connectivity index (χ2v) is 9.51. The number of rotatable bonds is 9. The molecule has 0 aromatic heterocycles. The van der Waals surface area contributed by atoms with Gasteiger partial charge in [-0.2, -0.15) is 0 Å². The van der Waals surface area contributed by atoms with Crippen molar-refractivity contribution >= 4 is 11.8 Å². The van der Waals surface area contributed by atoms with Crippen molar-refractivity contribution in [3.05, 3.63) is 65.5 Å². The predicted molar refractivity (Wildman–Crippen MR) is 127 cm³/mol. The van der Waals surface area contributed by atoms with Crippen molar-refractivity contribution in [3.8, 4) is 5.75 Å². The van der Waals surface area contributed by atoms with Crippen molar-refractivity contribution in [1.82, 2.24) is 10.6 Å². The van der Waals surface area contributed by atoms with Crippen LogP contribution in [0.5, 0.6) is 5.75 Å². The van der Waals surface area contributed by atoms with E-state index in [1.807, 2.05) is 18.2 Å². The number of carbonyl (C=O) groups is 2. The molecule has 0 spiro atoms. The summed E-state index contributed by atoms with van der Waals surface area (Å²) in [5, 5.41) is 6.25. The average Bonchev–Trinajstić information content (AvgIpc) is 3.24. The predicted octanol–water partition coefficient (Wildman–Crippen LogP) is 3.67. The highest BCUT2D eigenvalue weighted by atomic mass is 19.1. The summed E-state index contributed by atoms with van der Waals surface area (Å²) in [6.45, 7) is 1.93. The third-order valence-electron chi connectivity index (χ3n) is 7.28. The topological polar surface area (TPSA) is 76.7 Å². The van der Waals surface area contributed by atoms with Crippen molar-refractivity contribution in [2.24, 2.45) is 0 Å². The Bertz CT molecular complexity index is 1010. The summed E-state index contributed by atoms with van der Waals surface area (Å²) in [6, 6.07) is 15.1. The molecule has 0 aliphatic carbocycles. The molecule has 0 radical (unpaired) electrons. The maximum atomic E-state index is 13.8. The van der Waals surface area contributed by atoms with Gasteiger partial charge in [0, 0.05) is 43.6 Å². The monoisotopic (exact) mass is 468 g/mol. The molecule has 2 fully saturated rings. The number of amides is 2. The quantitative estimate of drug-likeness (QED) is 0.589. The molecular formula is C27H33FN2O4. The van der Waals surface area contributed by atoms with Crippen LogP contribution in [-0.4, -0.2) is 44.2 Å². The second kappa shape index (κ2) is 10.6. The second-order valence-electron chi connectivity index (χ2n) is 9.51. The Morgan fingerprint density at radius 2 is 1.91 bits per heavy atom. The van der Waals surface area contributed by atoms with Crippen LogP contribution in [0.2, 0.25) is 0 Å². The van der Waals surface area contributed by atoms with Gasteiger partial charge < -0.3 is 20.1 Å². The normalized spacial score (nSPS) is 21.6. The van der Waals surface area contributed by atoms with Crippen LogP contribution in [-0.2, 0) is 26.2 Å². The third kappa shape index (κ3) is 5.58. The zero-order valence-electron chi connectivity index (χ0n) is 19.7. The van der Waals surface area contributed by atoms with E-state index in [0.29, 0.717) is 51.9 Å².